The smallest absolute Gasteiger partial charge is 0.251 e. The van der Waals surface area contributed by atoms with Crippen LogP contribution in [0.2, 0.25) is 0 Å². The summed E-state index contributed by atoms with van der Waals surface area (Å²) >= 11 is 0. The van der Waals surface area contributed by atoms with Crippen molar-refractivity contribution in [2.75, 3.05) is 54.0 Å². The molecule has 0 radical (unpaired) electrons. The molecule has 0 aromatic heterocycles. The Morgan fingerprint density at radius 3 is 1.74 bits per heavy atom. The molecular weight excluding hydrogens is 1140 g/mol. The summed E-state index contributed by atoms with van der Waals surface area (Å²) in [4.78, 5) is 104. The van der Waals surface area contributed by atoms with E-state index in [0.29, 0.717) is 11.1 Å². The number of aliphatic hydroxyl groups excluding tert-OH is 7. The number of nitrogens with zero attached hydrogens (tertiary/aromatic N) is 3. The highest BCUT2D eigenvalue weighted by atomic mass is 16.5. The number of aliphatic hydroxyl groups is 7. The first-order valence-electron chi connectivity index (χ1n) is 29.7. The van der Waals surface area contributed by atoms with Gasteiger partial charge in [0.05, 0.1) is 58.8 Å². The fourth-order valence-electron chi connectivity index (χ4n) is 10.8. The van der Waals surface area contributed by atoms with Crippen molar-refractivity contribution in [3.8, 4) is 33.8 Å². The number of fused-ring (bicyclic) bond motifs is 2. The first-order chi connectivity index (χ1) is 41.6. The first kappa shape index (κ1) is 67.9. The van der Waals surface area contributed by atoms with E-state index in [4.69, 9.17) is 9.47 Å². The number of hydrogen-bond donors (Lipinski definition) is 13. The summed E-state index contributed by atoms with van der Waals surface area (Å²) in [6.45, 7) is 5.80. The zero-order valence-corrected chi connectivity index (χ0v) is 50.6. The van der Waals surface area contributed by atoms with Crippen molar-refractivity contribution in [3.05, 3.63) is 108 Å². The summed E-state index contributed by atoms with van der Waals surface area (Å²) in [5.74, 6) is -8.24. The predicted octanol–water partition coefficient (Wildman–Crippen LogP) is -0.197. The van der Waals surface area contributed by atoms with Gasteiger partial charge < -0.3 is 91.2 Å². The Balaban J connectivity index is 1.23. The van der Waals surface area contributed by atoms with Crippen LogP contribution in [0.4, 0.5) is 0 Å². The van der Waals surface area contributed by atoms with Gasteiger partial charge in [-0.2, -0.15) is 0 Å². The fraction of sp³-hybridized carbons (Fsp3) is 0.508. The van der Waals surface area contributed by atoms with E-state index in [2.05, 4.69) is 33.5 Å². The average Bonchev–Trinajstić information content (AvgIpc) is 2.08. The summed E-state index contributed by atoms with van der Waals surface area (Å²) in [7, 11) is 5.52. The van der Waals surface area contributed by atoms with Crippen LogP contribution in [0, 0.1) is 5.92 Å². The molecule has 3 heterocycles. The van der Waals surface area contributed by atoms with Crippen LogP contribution in [-0.4, -0.2) is 230 Å². The van der Waals surface area contributed by atoms with Crippen LogP contribution in [0.1, 0.15) is 81.8 Å². The maximum atomic E-state index is 14.8. The number of aromatic hydroxyl groups is 1. The van der Waals surface area contributed by atoms with Crippen molar-refractivity contribution in [3.63, 3.8) is 0 Å². The van der Waals surface area contributed by atoms with Gasteiger partial charge in [-0.3, -0.25) is 33.6 Å². The van der Waals surface area contributed by atoms with Crippen molar-refractivity contribution >= 4 is 41.4 Å². The number of rotatable bonds is 18. The topological polar surface area (TPSA) is 366 Å². The molecule has 0 bridgehead atoms. The Hall–Kier alpha value is -7.59. The second-order valence-corrected chi connectivity index (χ2v) is 24.1. The Morgan fingerprint density at radius 2 is 1.18 bits per heavy atom. The highest BCUT2D eigenvalue weighted by Crippen LogP contribution is 2.30. The third-order valence-electron chi connectivity index (χ3n) is 16.1. The molecule has 4 aromatic rings. The minimum absolute atomic E-state index is 0.0470. The third-order valence-corrected chi connectivity index (χ3v) is 16.1. The number of quaternary nitrogens is 1. The number of ether oxygens (including phenoxy) is 2. The zero-order chi connectivity index (χ0) is 64.3. The number of hydrogen-bond acceptors (Lipinski definition) is 17. The van der Waals surface area contributed by atoms with Crippen molar-refractivity contribution in [2.24, 2.45) is 5.92 Å². The second-order valence-electron chi connectivity index (χ2n) is 24.1. The van der Waals surface area contributed by atoms with Crippen molar-refractivity contribution < 1.29 is 88.4 Å². The Morgan fingerprint density at radius 1 is 0.648 bits per heavy atom. The molecule has 7 rings (SSSR count). The molecule has 3 saturated heterocycles. The lowest BCUT2D eigenvalue weighted by atomic mass is 9.96. The van der Waals surface area contributed by atoms with Crippen LogP contribution in [0.15, 0.2) is 97.1 Å². The summed E-state index contributed by atoms with van der Waals surface area (Å²) in [6.07, 6.45) is -12.6. The van der Waals surface area contributed by atoms with Crippen LogP contribution < -0.4 is 31.3 Å². The number of phenols is 1. The Kier molecular flexibility index (Phi) is 23.2. The van der Waals surface area contributed by atoms with Crippen LogP contribution in [0.3, 0.4) is 0 Å². The van der Waals surface area contributed by atoms with Gasteiger partial charge in [0.25, 0.3) is 5.91 Å². The SMILES string of the molecule is CCCCCOc1ccc(-c2ccc(-c3ccc(C(=O)N[C@H]4C[C@@H](O)[C@@H](OCC[N+](C)(C)C)NC(=O)[C@@H]5[C@@H](O)[C@@H](C)CN5C(=O)[C@H]([C@@H](C)O)NC(=O)[C@H]([C@H](O)[C@H](O)c5ccc(O)cc5)NC(=O)[C@@H]5C[C@@H](O)CN5C(=O)[C@H]([C@@H](C)O)NC4=O)cc3)cc2)cc1. The molecule has 0 spiro atoms. The maximum Gasteiger partial charge on any atom is 0.251 e. The number of amides is 7. The molecule has 0 unspecified atom stereocenters. The Bertz CT molecular complexity index is 3040. The van der Waals surface area contributed by atoms with E-state index in [0.717, 1.165) is 70.9 Å². The van der Waals surface area contributed by atoms with E-state index in [1.54, 1.807) is 12.1 Å². The van der Waals surface area contributed by atoms with Gasteiger partial charge in [-0.05, 0) is 84.5 Å². The van der Waals surface area contributed by atoms with E-state index in [9.17, 15) is 74.4 Å². The minimum atomic E-state index is -2.29. The molecule has 3 aliphatic heterocycles. The molecule has 7 amide bonds. The first-order valence-corrected chi connectivity index (χ1v) is 29.7. The number of benzene rings is 4. The standard InChI is InChI=1S/C63H84N8O17/c1-8-9-10-28-87-45-25-21-40(22-26-45)38-13-11-37(12-14-38)39-15-17-42(18-16-39)56(80)64-46-31-48(76)61(88-29-27-71(5,6)7)68-60(84)52-53(77)34(2)32-70(52)63(86)50(36(4)73)66-59(83)51(55(79)54(78)41-19-23-43(74)24-20-41)67-58(82)47-30-44(75)33-69(47)62(85)49(35(3)72)65-57(46)81/h11-26,34-36,44,46-55,61,72-73,75-79H,8-10,27-33H2,1-7H3,(H5-,64,65,66,67,68,74,80,81,82,83,84)/p+1/t34-,35+,36+,44+,46-,47-,48+,49-,50-,51-,52-,53-,54+,55-,61+/m0/s1. The molecular formula is C63H85N8O17+. The quantitative estimate of drug-likeness (QED) is 0.0453. The molecule has 0 saturated carbocycles. The molecule has 25 nitrogen and oxygen atoms in total. The van der Waals surface area contributed by atoms with Crippen LogP contribution in [0.25, 0.3) is 22.3 Å². The van der Waals surface area contributed by atoms with Crippen molar-refractivity contribution in [2.45, 2.75) is 145 Å². The van der Waals surface area contributed by atoms with Crippen LogP contribution >= 0.6 is 0 Å². The lowest BCUT2D eigenvalue weighted by molar-refractivity contribution is -0.870. The largest absolute Gasteiger partial charge is 0.508 e. The second kappa shape index (κ2) is 30.1. The molecule has 3 aliphatic rings. The number of nitrogens with one attached hydrogen (secondary N) is 5. The lowest BCUT2D eigenvalue weighted by Crippen LogP contribution is -2.64. The number of likely N-dealkylation sites (N-methyl/N-ethyl adjacent to an activating group) is 1. The number of unbranched alkanes of at least 4 members (excludes halogenated alkanes) is 2. The van der Waals surface area contributed by atoms with Gasteiger partial charge in [0, 0.05) is 37.4 Å². The van der Waals surface area contributed by atoms with E-state index in [1.807, 2.05) is 69.7 Å². The van der Waals surface area contributed by atoms with Gasteiger partial charge in [-0.1, -0.05) is 87.4 Å². The normalized spacial score (nSPS) is 26.7. The van der Waals surface area contributed by atoms with Gasteiger partial charge in [-0.15, -0.1) is 0 Å². The number of carbonyl (C=O) groups excluding carboxylic acids is 7. The van der Waals surface area contributed by atoms with Gasteiger partial charge in [0.1, 0.15) is 72.6 Å². The number of carbonyl (C=O) groups is 7. The van der Waals surface area contributed by atoms with E-state index in [1.165, 1.54) is 43.3 Å². The van der Waals surface area contributed by atoms with Crippen LogP contribution in [0.5, 0.6) is 11.5 Å². The average molecular weight is 1230 g/mol. The zero-order valence-electron chi connectivity index (χ0n) is 50.6. The monoisotopic (exact) mass is 1230 g/mol. The predicted molar refractivity (Wildman–Crippen MR) is 320 cm³/mol. The van der Waals surface area contributed by atoms with Gasteiger partial charge in [0.15, 0.2) is 6.23 Å². The minimum Gasteiger partial charge on any atom is -0.508 e. The number of phenolic OH excluding ortho intramolecular Hbond substituents is 1. The highest BCUT2D eigenvalue weighted by molar-refractivity contribution is 6.00. The van der Waals surface area contributed by atoms with E-state index >= 15 is 0 Å². The summed E-state index contributed by atoms with van der Waals surface area (Å²) in [5, 5.41) is 103. The third kappa shape index (κ3) is 17.2. The van der Waals surface area contributed by atoms with Crippen molar-refractivity contribution in [1.29, 1.82) is 0 Å². The van der Waals surface area contributed by atoms with Gasteiger partial charge >= 0.3 is 0 Å². The molecule has 13 N–H and O–H groups in total. The molecule has 4 aromatic carbocycles. The molecule has 478 valence electrons. The maximum absolute atomic E-state index is 14.8. The summed E-state index contributed by atoms with van der Waals surface area (Å²) < 4.78 is 12.3. The van der Waals surface area contributed by atoms with E-state index < -0.39 is 152 Å². The molecule has 25 heteroatoms. The lowest BCUT2D eigenvalue weighted by Gasteiger charge is -2.34. The molecule has 3 fully saturated rings. The van der Waals surface area contributed by atoms with Gasteiger partial charge in [-0.25, -0.2) is 0 Å². The van der Waals surface area contributed by atoms with Crippen molar-refractivity contribution in [1.82, 2.24) is 36.4 Å². The highest BCUT2D eigenvalue weighted by Gasteiger charge is 2.50. The molecule has 88 heavy (non-hydrogen) atoms. The Labute approximate surface area is 511 Å². The molecule has 0 aliphatic carbocycles. The summed E-state index contributed by atoms with van der Waals surface area (Å²) in [6, 6.07) is 15.3. The summed E-state index contributed by atoms with van der Waals surface area (Å²) in [5.41, 5.74) is 3.48. The van der Waals surface area contributed by atoms with Crippen LogP contribution in [-0.2, 0) is 33.5 Å². The molecule has 15 atom stereocenters. The fourth-order valence-corrected chi connectivity index (χ4v) is 10.8. The van der Waals surface area contributed by atoms with E-state index in [-0.39, 0.29) is 36.6 Å². The van der Waals surface area contributed by atoms with Gasteiger partial charge in [0.2, 0.25) is 35.4 Å².